The normalized spacial score (nSPS) is 10.6. The van der Waals surface area contributed by atoms with Crippen molar-refractivity contribution in [2.45, 2.75) is 27.4 Å². The Hall–Kier alpha value is -3.28. The van der Waals surface area contributed by atoms with Gasteiger partial charge in [0.15, 0.2) is 18.2 Å². The first kappa shape index (κ1) is 17.5. The highest BCUT2D eigenvalue weighted by Crippen LogP contribution is 2.20. The molecule has 0 radical (unpaired) electrons. The molecule has 26 heavy (non-hydrogen) atoms. The summed E-state index contributed by atoms with van der Waals surface area (Å²) in [4.78, 5) is 29.4. The summed E-state index contributed by atoms with van der Waals surface area (Å²) < 4.78 is 10.1. The molecule has 0 amide bonds. The lowest BCUT2D eigenvalue weighted by atomic mass is 9.94. The number of esters is 1. The van der Waals surface area contributed by atoms with E-state index in [1.54, 1.807) is 31.2 Å². The van der Waals surface area contributed by atoms with Gasteiger partial charge in [-0.2, -0.15) is 4.98 Å². The maximum Gasteiger partial charge on any atom is 0.339 e. The molecule has 6 nitrogen and oxygen atoms in total. The molecule has 0 saturated carbocycles. The molecule has 0 aliphatic rings. The van der Waals surface area contributed by atoms with Crippen LogP contribution >= 0.6 is 0 Å². The lowest BCUT2D eigenvalue weighted by Gasteiger charge is -2.10. The Morgan fingerprint density at radius 2 is 1.73 bits per heavy atom. The Kier molecular flexibility index (Phi) is 4.93. The second-order valence-electron chi connectivity index (χ2n) is 6.00. The molecular weight excluding hydrogens is 332 g/mol. The predicted octanol–water partition coefficient (Wildman–Crippen LogP) is 3.58. The van der Waals surface area contributed by atoms with Crippen LogP contribution in [0.2, 0.25) is 0 Å². The van der Waals surface area contributed by atoms with E-state index in [-0.39, 0.29) is 23.8 Å². The highest BCUT2D eigenvalue weighted by atomic mass is 16.6. The molecule has 0 unspecified atom stereocenters. The number of carbonyl (C=O) groups excluding carboxylic acids is 2. The summed E-state index contributed by atoms with van der Waals surface area (Å²) in [5.74, 6) is -0.168. The molecule has 132 valence electrons. The Labute approximate surface area is 150 Å². The number of ketones is 1. The van der Waals surface area contributed by atoms with Crippen molar-refractivity contribution in [3.05, 3.63) is 82.0 Å². The number of ether oxygens (including phenoxy) is 1. The van der Waals surface area contributed by atoms with Crippen molar-refractivity contribution in [2.75, 3.05) is 0 Å². The van der Waals surface area contributed by atoms with Crippen LogP contribution in [0.25, 0.3) is 0 Å². The maximum atomic E-state index is 13.0. The number of nitrogens with zero attached hydrogens (tertiary/aromatic N) is 2. The molecule has 1 aromatic heterocycles. The zero-order valence-electron chi connectivity index (χ0n) is 14.8. The minimum absolute atomic E-state index is 0.147. The zero-order valence-corrected chi connectivity index (χ0v) is 14.8. The van der Waals surface area contributed by atoms with E-state index in [9.17, 15) is 9.59 Å². The molecule has 2 aromatic carbocycles. The zero-order chi connectivity index (χ0) is 18.7. The Morgan fingerprint density at radius 1 is 1.00 bits per heavy atom. The summed E-state index contributed by atoms with van der Waals surface area (Å²) in [6.45, 7) is 5.31. The molecule has 0 N–H and O–H groups in total. The van der Waals surface area contributed by atoms with Crippen LogP contribution in [0.3, 0.4) is 0 Å². The standard InChI is InChI=1S/C20H18N2O4/c1-12-8-9-13(2)17(10-12)19(23)15-6-4-5-7-16(15)20(24)25-11-18-21-14(3)22-26-18/h4-10H,11H2,1-3H3. The molecule has 0 aliphatic carbocycles. The first-order valence-corrected chi connectivity index (χ1v) is 8.13. The first-order valence-electron chi connectivity index (χ1n) is 8.13. The van der Waals surface area contributed by atoms with Gasteiger partial charge in [-0.05, 0) is 38.5 Å². The summed E-state index contributed by atoms with van der Waals surface area (Å²) in [5.41, 5.74) is 2.90. The van der Waals surface area contributed by atoms with Crippen molar-refractivity contribution in [1.29, 1.82) is 0 Å². The molecule has 0 saturated heterocycles. The monoisotopic (exact) mass is 350 g/mol. The molecular formula is C20H18N2O4. The van der Waals surface area contributed by atoms with E-state index in [2.05, 4.69) is 10.1 Å². The Balaban J connectivity index is 1.86. The summed E-state index contributed by atoms with van der Waals surface area (Å²) in [6.07, 6.45) is 0. The van der Waals surface area contributed by atoms with E-state index in [0.29, 0.717) is 17.0 Å². The summed E-state index contributed by atoms with van der Waals surface area (Å²) in [5, 5.41) is 3.64. The van der Waals surface area contributed by atoms with E-state index in [1.807, 2.05) is 32.0 Å². The van der Waals surface area contributed by atoms with E-state index in [4.69, 9.17) is 9.26 Å². The average molecular weight is 350 g/mol. The predicted molar refractivity (Wildman–Crippen MR) is 93.9 cm³/mol. The summed E-state index contributed by atoms with van der Waals surface area (Å²) >= 11 is 0. The van der Waals surface area contributed by atoms with Crippen LogP contribution in [0.4, 0.5) is 0 Å². The lowest BCUT2D eigenvalue weighted by Crippen LogP contribution is -2.13. The Bertz CT molecular complexity index is 975. The second kappa shape index (κ2) is 7.31. The number of carbonyl (C=O) groups is 2. The van der Waals surface area contributed by atoms with Crippen LogP contribution < -0.4 is 0 Å². The van der Waals surface area contributed by atoms with Crippen LogP contribution in [-0.4, -0.2) is 21.9 Å². The van der Waals surface area contributed by atoms with E-state index in [1.165, 1.54) is 0 Å². The number of aromatic nitrogens is 2. The highest BCUT2D eigenvalue weighted by molar-refractivity contribution is 6.15. The number of rotatable bonds is 5. The quantitative estimate of drug-likeness (QED) is 0.517. The van der Waals surface area contributed by atoms with Crippen LogP contribution in [0, 0.1) is 20.8 Å². The second-order valence-corrected chi connectivity index (χ2v) is 6.00. The molecule has 3 rings (SSSR count). The van der Waals surface area contributed by atoms with Crippen LogP contribution in [-0.2, 0) is 11.3 Å². The topological polar surface area (TPSA) is 82.3 Å². The van der Waals surface area contributed by atoms with Gasteiger partial charge in [0.25, 0.3) is 5.89 Å². The third kappa shape index (κ3) is 3.69. The number of aryl methyl sites for hydroxylation is 3. The van der Waals surface area contributed by atoms with Crippen molar-refractivity contribution >= 4 is 11.8 Å². The Morgan fingerprint density at radius 3 is 2.42 bits per heavy atom. The SMILES string of the molecule is Cc1ccc(C)c(C(=O)c2ccccc2C(=O)OCc2nc(C)no2)c1. The van der Waals surface area contributed by atoms with Crippen molar-refractivity contribution in [1.82, 2.24) is 10.1 Å². The molecule has 3 aromatic rings. The lowest BCUT2D eigenvalue weighted by molar-refractivity contribution is 0.0427. The third-order valence-corrected chi connectivity index (χ3v) is 3.93. The van der Waals surface area contributed by atoms with Crippen LogP contribution in [0.15, 0.2) is 47.0 Å². The van der Waals surface area contributed by atoms with Gasteiger partial charge in [-0.3, -0.25) is 4.79 Å². The molecule has 0 aliphatic heterocycles. The average Bonchev–Trinajstić information content (AvgIpc) is 3.06. The number of hydrogen-bond donors (Lipinski definition) is 0. The first-order chi connectivity index (χ1) is 12.5. The summed E-state index contributed by atoms with van der Waals surface area (Å²) in [6, 6.07) is 12.3. The van der Waals surface area contributed by atoms with Crippen LogP contribution in [0.1, 0.15) is 49.1 Å². The van der Waals surface area contributed by atoms with Gasteiger partial charge >= 0.3 is 5.97 Å². The fourth-order valence-electron chi connectivity index (χ4n) is 2.59. The van der Waals surface area contributed by atoms with Gasteiger partial charge in [0.05, 0.1) is 5.56 Å². The minimum Gasteiger partial charge on any atom is -0.452 e. The van der Waals surface area contributed by atoms with Crippen molar-refractivity contribution < 1.29 is 18.8 Å². The minimum atomic E-state index is -0.616. The number of benzene rings is 2. The van der Waals surface area contributed by atoms with Crippen molar-refractivity contribution in [3.8, 4) is 0 Å². The molecule has 0 fully saturated rings. The van der Waals surface area contributed by atoms with Gasteiger partial charge in [-0.1, -0.05) is 41.1 Å². The fourth-order valence-corrected chi connectivity index (χ4v) is 2.59. The third-order valence-electron chi connectivity index (χ3n) is 3.93. The fraction of sp³-hybridized carbons (Fsp3) is 0.200. The van der Waals surface area contributed by atoms with Gasteiger partial charge in [-0.25, -0.2) is 4.79 Å². The van der Waals surface area contributed by atoms with Crippen molar-refractivity contribution in [3.63, 3.8) is 0 Å². The van der Waals surface area contributed by atoms with E-state index < -0.39 is 5.97 Å². The van der Waals surface area contributed by atoms with E-state index >= 15 is 0 Å². The van der Waals surface area contributed by atoms with Gasteiger partial charge < -0.3 is 9.26 Å². The maximum absolute atomic E-state index is 13.0. The van der Waals surface area contributed by atoms with Gasteiger partial charge in [0.1, 0.15) is 0 Å². The molecule has 0 spiro atoms. The van der Waals surface area contributed by atoms with Crippen LogP contribution in [0.5, 0.6) is 0 Å². The molecule has 6 heteroatoms. The smallest absolute Gasteiger partial charge is 0.339 e. The summed E-state index contributed by atoms with van der Waals surface area (Å²) in [7, 11) is 0. The molecule has 0 bridgehead atoms. The highest BCUT2D eigenvalue weighted by Gasteiger charge is 2.21. The van der Waals surface area contributed by atoms with Gasteiger partial charge in [-0.15, -0.1) is 0 Å². The van der Waals surface area contributed by atoms with Crippen molar-refractivity contribution in [2.24, 2.45) is 0 Å². The largest absolute Gasteiger partial charge is 0.452 e. The molecule has 0 atom stereocenters. The van der Waals surface area contributed by atoms with Gasteiger partial charge in [0, 0.05) is 11.1 Å². The van der Waals surface area contributed by atoms with Gasteiger partial charge in [0.2, 0.25) is 0 Å². The van der Waals surface area contributed by atoms with E-state index in [0.717, 1.165) is 11.1 Å². The number of hydrogen-bond acceptors (Lipinski definition) is 6. The molecule has 1 heterocycles.